The second-order valence-corrected chi connectivity index (χ2v) is 4.49. The van der Waals surface area contributed by atoms with E-state index in [-0.39, 0.29) is 0 Å². The van der Waals surface area contributed by atoms with Gasteiger partial charge in [0.25, 0.3) is 0 Å². The molecule has 17 heavy (non-hydrogen) atoms. The van der Waals surface area contributed by atoms with E-state index in [9.17, 15) is 0 Å². The summed E-state index contributed by atoms with van der Waals surface area (Å²) in [5, 5.41) is 4.61. The number of nitrogens with zero attached hydrogens (tertiary/aromatic N) is 3. The van der Waals surface area contributed by atoms with E-state index in [0.29, 0.717) is 0 Å². The third-order valence-corrected chi connectivity index (χ3v) is 3.44. The summed E-state index contributed by atoms with van der Waals surface area (Å²) in [4.78, 5) is 4.19. The average molecular weight is 227 g/mol. The first-order valence-corrected chi connectivity index (χ1v) is 6.20. The van der Waals surface area contributed by atoms with Crippen LogP contribution in [0.4, 0.5) is 0 Å². The van der Waals surface area contributed by atoms with Gasteiger partial charge < -0.3 is 0 Å². The first-order chi connectivity index (χ1) is 8.43. The molecule has 0 fully saturated rings. The zero-order chi connectivity index (χ0) is 11.5. The van der Waals surface area contributed by atoms with Crippen molar-refractivity contribution in [3.63, 3.8) is 0 Å². The van der Waals surface area contributed by atoms with Gasteiger partial charge in [0.1, 0.15) is 6.34 Å². The SMILES string of the molecule is C1=CN=CN(N2CCc3ccccc3CC2)C1. The molecule has 0 unspecified atom stereocenters. The minimum absolute atomic E-state index is 0.944. The molecule has 0 radical (unpaired) electrons. The summed E-state index contributed by atoms with van der Waals surface area (Å²) in [6, 6.07) is 8.78. The molecule has 2 aliphatic heterocycles. The van der Waals surface area contributed by atoms with Crippen molar-refractivity contribution in [3.05, 3.63) is 47.7 Å². The van der Waals surface area contributed by atoms with Gasteiger partial charge in [-0.25, -0.2) is 10.0 Å². The van der Waals surface area contributed by atoms with E-state index in [1.54, 1.807) is 0 Å². The van der Waals surface area contributed by atoms with Gasteiger partial charge in [-0.3, -0.25) is 5.01 Å². The monoisotopic (exact) mass is 227 g/mol. The number of fused-ring (bicyclic) bond motifs is 1. The average Bonchev–Trinajstić information content (AvgIpc) is 2.62. The number of rotatable bonds is 1. The van der Waals surface area contributed by atoms with Crippen LogP contribution in [0.2, 0.25) is 0 Å². The molecule has 1 aromatic carbocycles. The van der Waals surface area contributed by atoms with Crippen LogP contribution in [-0.2, 0) is 12.8 Å². The molecule has 2 heterocycles. The molecule has 0 saturated heterocycles. The number of hydrogen-bond acceptors (Lipinski definition) is 3. The van der Waals surface area contributed by atoms with Gasteiger partial charge in [-0.15, -0.1) is 0 Å². The van der Waals surface area contributed by atoms with Crippen LogP contribution in [0.3, 0.4) is 0 Å². The summed E-state index contributed by atoms with van der Waals surface area (Å²) >= 11 is 0. The van der Waals surface area contributed by atoms with Gasteiger partial charge in [-0.1, -0.05) is 24.3 Å². The standard InChI is InChI=1S/C14H17N3/c1-2-5-14-7-11-16(10-6-13(14)4-1)17-9-3-8-15-12-17/h1-5,8,12H,6-7,9-11H2. The summed E-state index contributed by atoms with van der Waals surface area (Å²) in [6.45, 7) is 3.10. The Hall–Kier alpha value is -1.61. The quantitative estimate of drug-likeness (QED) is 0.729. The van der Waals surface area contributed by atoms with Crippen molar-refractivity contribution in [2.24, 2.45) is 4.99 Å². The number of hydrogen-bond donors (Lipinski definition) is 0. The summed E-state index contributed by atoms with van der Waals surface area (Å²) < 4.78 is 0. The molecule has 3 heteroatoms. The third-order valence-electron chi connectivity index (χ3n) is 3.44. The van der Waals surface area contributed by atoms with Gasteiger partial charge in [0.05, 0.1) is 6.54 Å². The maximum atomic E-state index is 4.19. The second-order valence-electron chi connectivity index (χ2n) is 4.49. The van der Waals surface area contributed by atoms with Crippen LogP contribution in [0.1, 0.15) is 11.1 Å². The molecule has 0 spiro atoms. The summed E-state index contributed by atoms with van der Waals surface area (Å²) in [6.07, 6.45) is 8.14. The van der Waals surface area contributed by atoms with E-state index in [1.807, 2.05) is 12.5 Å². The molecule has 3 rings (SSSR count). The van der Waals surface area contributed by atoms with Crippen LogP contribution in [0.5, 0.6) is 0 Å². The van der Waals surface area contributed by atoms with Crippen molar-refractivity contribution in [2.45, 2.75) is 12.8 Å². The van der Waals surface area contributed by atoms with Gasteiger partial charge in [0, 0.05) is 19.3 Å². The first kappa shape index (κ1) is 10.5. The maximum absolute atomic E-state index is 4.19. The molecule has 0 saturated carbocycles. The third kappa shape index (κ3) is 2.24. The molecule has 0 atom stereocenters. The summed E-state index contributed by atoms with van der Waals surface area (Å²) in [5.74, 6) is 0. The van der Waals surface area contributed by atoms with Crippen molar-refractivity contribution < 1.29 is 0 Å². The molecular formula is C14H17N3. The van der Waals surface area contributed by atoms with E-state index in [4.69, 9.17) is 0 Å². The van der Waals surface area contributed by atoms with Gasteiger partial charge >= 0.3 is 0 Å². The van der Waals surface area contributed by atoms with Crippen molar-refractivity contribution >= 4 is 6.34 Å². The molecule has 2 aliphatic rings. The minimum Gasteiger partial charge on any atom is -0.292 e. The Morgan fingerprint density at radius 1 is 1.00 bits per heavy atom. The minimum atomic E-state index is 0.944. The smallest absolute Gasteiger partial charge is 0.105 e. The number of aliphatic imine (C=N–C) groups is 1. The van der Waals surface area contributed by atoms with Crippen molar-refractivity contribution in [1.82, 2.24) is 10.0 Å². The first-order valence-electron chi connectivity index (χ1n) is 6.20. The van der Waals surface area contributed by atoms with E-state index in [0.717, 1.165) is 32.5 Å². The Bertz CT molecular complexity index is 424. The fourth-order valence-electron chi connectivity index (χ4n) is 2.48. The van der Waals surface area contributed by atoms with E-state index in [1.165, 1.54) is 11.1 Å². The maximum Gasteiger partial charge on any atom is 0.105 e. The molecule has 0 bridgehead atoms. The molecule has 3 nitrogen and oxygen atoms in total. The lowest BCUT2D eigenvalue weighted by atomic mass is 10.0. The van der Waals surface area contributed by atoms with E-state index in [2.05, 4.69) is 45.4 Å². The number of benzene rings is 1. The summed E-state index contributed by atoms with van der Waals surface area (Å²) in [5.41, 5.74) is 3.00. The lowest BCUT2D eigenvalue weighted by molar-refractivity contribution is 0.0651. The fraction of sp³-hybridized carbons (Fsp3) is 0.357. The molecule has 0 aromatic heterocycles. The normalized spacial score (nSPS) is 20.1. The van der Waals surface area contributed by atoms with Crippen LogP contribution in [0.15, 0.2) is 41.5 Å². The van der Waals surface area contributed by atoms with Crippen LogP contribution < -0.4 is 0 Å². The van der Waals surface area contributed by atoms with Gasteiger partial charge in [-0.2, -0.15) is 0 Å². The van der Waals surface area contributed by atoms with Crippen molar-refractivity contribution in [2.75, 3.05) is 19.6 Å². The van der Waals surface area contributed by atoms with E-state index >= 15 is 0 Å². The molecule has 88 valence electrons. The van der Waals surface area contributed by atoms with Gasteiger partial charge in [-0.05, 0) is 30.0 Å². The van der Waals surface area contributed by atoms with Crippen LogP contribution >= 0.6 is 0 Å². The molecule has 0 aliphatic carbocycles. The number of hydrazine groups is 1. The topological polar surface area (TPSA) is 18.8 Å². The van der Waals surface area contributed by atoms with Gasteiger partial charge in [0.15, 0.2) is 0 Å². The highest BCUT2D eigenvalue weighted by molar-refractivity contribution is 5.56. The Morgan fingerprint density at radius 2 is 1.71 bits per heavy atom. The lowest BCUT2D eigenvalue weighted by Crippen LogP contribution is -2.44. The van der Waals surface area contributed by atoms with Crippen molar-refractivity contribution in [3.8, 4) is 0 Å². The zero-order valence-corrected chi connectivity index (χ0v) is 9.92. The predicted molar refractivity (Wildman–Crippen MR) is 69.8 cm³/mol. The Labute approximate surface area is 102 Å². The van der Waals surface area contributed by atoms with E-state index < -0.39 is 0 Å². The predicted octanol–water partition coefficient (Wildman–Crippen LogP) is 1.86. The Balaban J connectivity index is 1.73. The lowest BCUT2D eigenvalue weighted by Gasteiger charge is -2.32. The van der Waals surface area contributed by atoms with Crippen LogP contribution in [0.25, 0.3) is 0 Å². The zero-order valence-electron chi connectivity index (χ0n) is 9.92. The molecule has 0 amide bonds. The van der Waals surface area contributed by atoms with Crippen molar-refractivity contribution in [1.29, 1.82) is 0 Å². The summed E-state index contributed by atoms with van der Waals surface area (Å²) in [7, 11) is 0. The highest BCUT2D eigenvalue weighted by Gasteiger charge is 2.17. The molecule has 1 aromatic rings. The highest BCUT2D eigenvalue weighted by Crippen LogP contribution is 2.16. The molecular weight excluding hydrogens is 210 g/mol. The fourth-order valence-corrected chi connectivity index (χ4v) is 2.48. The van der Waals surface area contributed by atoms with Crippen LogP contribution in [0, 0.1) is 0 Å². The Kier molecular flexibility index (Phi) is 2.92. The Morgan fingerprint density at radius 3 is 2.29 bits per heavy atom. The second kappa shape index (κ2) is 4.72. The molecule has 0 N–H and O–H groups in total. The largest absolute Gasteiger partial charge is 0.292 e. The highest BCUT2D eigenvalue weighted by atomic mass is 15.6. The van der Waals surface area contributed by atoms with Gasteiger partial charge in [0.2, 0.25) is 0 Å². The van der Waals surface area contributed by atoms with Crippen LogP contribution in [-0.4, -0.2) is 36.0 Å².